The highest BCUT2D eigenvalue weighted by atomic mass is 19.1. The van der Waals surface area contributed by atoms with Crippen molar-refractivity contribution in [3.8, 4) is 35.2 Å². The van der Waals surface area contributed by atoms with Crippen LogP contribution in [0.4, 0.5) is 14.6 Å². The number of phenols is 1. The number of terminal acetylenes is 1. The number of aromatic hydroxyl groups is 1. The lowest BCUT2D eigenvalue weighted by Crippen LogP contribution is -2.48. The summed E-state index contributed by atoms with van der Waals surface area (Å²) in [5, 5.41) is 11.6. The van der Waals surface area contributed by atoms with Gasteiger partial charge in [-0.05, 0) is 35.2 Å². The number of rotatable bonds is 5. The van der Waals surface area contributed by atoms with Crippen molar-refractivity contribution >= 4 is 27.5 Å². The van der Waals surface area contributed by atoms with Crippen molar-refractivity contribution in [2.75, 3.05) is 45.5 Å². The molecular weight excluding hydrogens is 468 g/mol. The molecule has 36 heavy (non-hydrogen) atoms. The highest BCUT2D eigenvalue weighted by molar-refractivity contribution is 6.04. The number of benzene rings is 3. The third kappa shape index (κ3) is 3.94. The van der Waals surface area contributed by atoms with Crippen molar-refractivity contribution in [3.63, 3.8) is 0 Å². The maximum Gasteiger partial charge on any atom is 0.318 e. The van der Waals surface area contributed by atoms with Gasteiger partial charge < -0.3 is 24.2 Å². The Bertz CT molecular complexity index is 1520. The molecule has 0 radical (unpaired) electrons. The van der Waals surface area contributed by atoms with Crippen LogP contribution in [0.5, 0.6) is 11.8 Å². The summed E-state index contributed by atoms with van der Waals surface area (Å²) in [5.41, 5.74) is 0.359. The van der Waals surface area contributed by atoms with E-state index in [0.717, 1.165) is 0 Å². The van der Waals surface area contributed by atoms with E-state index in [-0.39, 0.29) is 40.0 Å². The highest BCUT2D eigenvalue weighted by Crippen LogP contribution is 2.40. The fraction of sp³-hybridized carbons (Fsp3) is 0.259. The molecule has 1 aliphatic heterocycles. The van der Waals surface area contributed by atoms with E-state index >= 15 is 4.39 Å². The van der Waals surface area contributed by atoms with Crippen LogP contribution in [0.3, 0.4) is 0 Å². The van der Waals surface area contributed by atoms with E-state index in [1.54, 1.807) is 19.2 Å². The van der Waals surface area contributed by atoms with E-state index in [1.165, 1.54) is 31.4 Å². The maximum absolute atomic E-state index is 16.2. The quantitative estimate of drug-likeness (QED) is 0.418. The Morgan fingerprint density at radius 1 is 1.17 bits per heavy atom. The fourth-order valence-corrected chi connectivity index (χ4v) is 4.69. The van der Waals surface area contributed by atoms with Crippen molar-refractivity contribution < 1.29 is 28.1 Å². The highest BCUT2D eigenvalue weighted by Gasteiger charge is 2.28. The zero-order chi connectivity index (χ0) is 25.4. The van der Waals surface area contributed by atoms with Gasteiger partial charge in [0, 0.05) is 30.0 Å². The minimum atomic E-state index is -0.676. The van der Waals surface area contributed by atoms with Gasteiger partial charge in [0.25, 0.3) is 0 Å². The summed E-state index contributed by atoms with van der Waals surface area (Å²) in [4.78, 5) is 10.8. The first-order valence-corrected chi connectivity index (χ1v) is 11.3. The number of nitrogens with zero attached hydrogens (tertiary/aromatic N) is 3. The molecule has 1 unspecified atom stereocenters. The SMILES string of the molecule is C#Cc1c(F)ccc2cc(O)cc(-c3ccc4c(N5CCOCC5COC)nc(OC)nc4c3F)c12. The molecule has 1 fully saturated rings. The van der Waals surface area contributed by atoms with Crippen molar-refractivity contribution in [2.45, 2.75) is 6.04 Å². The summed E-state index contributed by atoms with van der Waals surface area (Å²) in [6, 6.07) is 8.65. The largest absolute Gasteiger partial charge is 0.508 e. The van der Waals surface area contributed by atoms with E-state index in [2.05, 4.69) is 15.9 Å². The number of morpholine rings is 1. The van der Waals surface area contributed by atoms with Crippen LogP contribution >= 0.6 is 0 Å². The molecule has 1 saturated heterocycles. The third-order valence-electron chi connectivity index (χ3n) is 6.29. The lowest BCUT2D eigenvalue weighted by atomic mass is 9.93. The zero-order valence-corrected chi connectivity index (χ0v) is 19.7. The van der Waals surface area contributed by atoms with Gasteiger partial charge in [0.1, 0.15) is 22.9 Å². The van der Waals surface area contributed by atoms with Crippen molar-refractivity contribution in [1.29, 1.82) is 0 Å². The Morgan fingerprint density at radius 3 is 2.75 bits per heavy atom. The van der Waals surface area contributed by atoms with Gasteiger partial charge in [0.05, 0.1) is 38.5 Å². The lowest BCUT2D eigenvalue weighted by molar-refractivity contribution is 0.0599. The Labute approximate surface area is 206 Å². The number of phenolic OH excluding ortho intramolecular Hbond substituents is 1. The van der Waals surface area contributed by atoms with Gasteiger partial charge in [-0.3, -0.25) is 0 Å². The molecule has 1 aliphatic rings. The second-order valence-corrected chi connectivity index (χ2v) is 8.39. The molecule has 0 spiro atoms. The predicted octanol–water partition coefficient (Wildman–Crippen LogP) is 4.28. The molecule has 184 valence electrons. The molecule has 3 aromatic carbocycles. The number of hydrogen-bond acceptors (Lipinski definition) is 7. The predicted molar refractivity (Wildman–Crippen MR) is 132 cm³/mol. The average Bonchev–Trinajstić information content (AvgIpc) is 2.89. The fourth-order valence-electron chi connectivity index (χ4n) is 4.69. The summed E-state index contributed by atoms with van der Waals surface area (Å²) in [6.45, 7) is 1.82. The summed E-state index contributed by atoms with van der Waals surface area (Å²) in [5.74, 6) is 1.45. The van der Waals surface area contributed by atoms with Gasteiger partial charge in [0.15, 0.2) is 5.82 Å². The van der Waals surface area contributed by atoms with Crippen LogP contribution in [0, 0.1) is 24.0 Å². The van der Waals surface area contributed by atoms with Crippen molar-refractivity contribution in [2.24, 2.45) is 0 Å². The normalized spacial score (nSPS) is 15.9. The maximum atomic E-state index is 16.2. The van der Waals surface area contributed by atoms with E-state index < -0.39 is 11.6 Å². The molecule has 7 nitrogen and oxygen atoms in total. The monoisotopic (exact) mass is 491 g/mol. The number of hydrogen-bond donors (Lipinski definition) is 1. The second-order valence-electron chi connectivity index (χ2n) is 8.39. The molecule has 1 aromatic heterocycles. The summed E-state index contributed by atoms with van der Waals surface area (Å²) >= 11 is 0. The molecule has 0 bridgehead atoms. The first-order valence-electron chi connectivity index (χ1n) is 11.3. The Hall–Kier alpha value is -4.00. The van der Waals surface area contributed by atoms with Crippen molar-refractivity contribution in [1.82, 2.24) is 9.97 Å². The van der Waals surface area contributed by atoms with Crippen LogP contribution in [0.15, 0.2) is 36.4 Å². The molecular formula is C27H23F2N3O4. The van der Waals surface area contributed by atoms with Gasteiger partial charge in [-0.2, -0.15) is 9.97 Å². The number of fused-ring (bicyclic) bond motifs is 2. The number of methoxy groups -OCH3 is 2. The van der Waals surface area contributed by atoms with Crippen LogP contribution in [0.2, 0.25) is 0 Å². The smallest absolute Gasteiger partial charge is 0.318 e. The van der Waals surface area contributed by atoms with Crippen LogP contribution in [-0.4, -0.2) is 61.7 Å². The van der Waals surface area contributed by atoms with E-state index in [0.29, 0.717) is 48.3 Å². The standard InChI is InChI=1S/C27H23F2N3O4/c1-4-18-22(28)8-5-15-11-17(33)12-21(23(15)18)19-6-7-20-25(24(19)29)30-27(35-3)31-26(20)32-9-10-36-14-16(32)13-34-2/h1,5-8,11-12,16,33H,9-10,13-14H2,2-3H3. The second kappa shape index (κ2) is 9.57. The zero-order valence-electron chi connectivity index (χ0n) is 19.7. The molecule has 9 heteroatoms. The minimum absolute atomic E-state index is 0.00710. The van der Waals surface area contributed by atoms with Gasteiger partial charge >= 0.3 is 6.01 Å². The number of ether oxygens (including phenoxy) is 3. The van der Waals surface area contributed by atoms with Gasteiger partial charge in [-0.15, -0.1) is 6.42 Å². The molecule has 2 heterocycles. The number of aromatic nitrogens is 2. The Balaban J connectivity index is 1.78. The minimum Gasteiger partial charge on any atom is -0.508 e. The van der Waals surface area contributed by atoms with Crippen LogP contribution in [-0.2, 0) is 9.47 Å². The molecule has 1 N–H and O–H groups in total. The van der Waals surface area contributed by atoms with Gasteiger partial charge in [-0.25, -0.2) is 8.78 Å². The summed E-state index contributed by atoms with van der Waals surface area (Å²) < 4.78 is 47.0. The first-order chi connectivity index (χ1) is 17.5. The molecule has 0 aliphatic carbocycles. The van der Waals surface area contributed by atoms with Crippen LogP contribution < -0.4 is 9.64 Å². The topological polar surface area (TPSA) is 76.9 Å². The summed E-state index contributed by atoms with van der Waals surface area (Å²) in [6.07, 6.45) is 5.60. The van der Waals surface area contributed by atoms with Crippen LogP contribution in [0.25, 0.3) is 32.8 Å². The van der Waals surface area contributed by atoms with E-state index in [4.69, 9.17) is 20.6 Å². The van der Waals surface area contributed by atoms with Crippen LogP contribution in [0.1, 0.15) is 5.56 Å². The Kier molecular flexibility index (Phi) is 6.31. The molecule has 4 aromatic rings. The Morgan fingerprint density at radius 2 is 2.00 bits per heavy atom. The number of anilines is 1. The van der Waals surface area contributed by atoms with Crippen molar-refractivity contribution in [3.05, 3.63) is 53.6 Å². The van der Waals surface area contributed by atoms with Gasteiger partial charge in [-0.1, -0.05) is 18.1 Å². The molecule has 0 saturated carbocycles. The van der Waals surface area contributed by atoms with E-state index in [1.807, 2.05) is 4.90 Å². The average molecular weight is 491 g/mol. The third-order valence-corrected chi connectivity index (χ3v) is 6.29. The first kappa shape index (κ1) is 23.7. The number of halogens is 2. The lowest BCUT2D eigenvalue weighted by Gasteiger charge is -2.36. The molecule has 0 amide bonds. The van der Waals surface area contributed by atoms with Gasteiger partial charge in [0.2, 0.25) is 0 Å². The van der Waals surface area contributed by atoms with E-state index in [9.17, 15) is 9.50 Å². The molecule has 5 rings (SSSR count). The summed E-state index contributed by atoms with van der Waals surface area (Å²) in [7, 11) is 3.01. The molecule has 1 atom stereocenters.